The predicted octanol–water partition coefficient (Wildman–Crippen LogP) is 2.18. The van der Waals surface area contributed by atoms with E-state index in [0.29, 0.717) is 0 Å². The Bertz CT molecular complexity index is 835. The van der Waals surface area contributed by atoms with Gasteiger partial charge >= 0.3 is 0 Å². The smallest absolute Gasteiger partial charge is 0.254 e. The van der Waals surface area contributed by atoms with Crippen molar-refractivity contribution < 1.29 is 18.7 Å². The van der Waals surface area contributed by atoms with E-state index in [-0.39, 0.29) is 29.8 Å². The summed E-state index contributed by atoms with van der Waals surface area (Å²) < 4.78 is 27.5. The fourth-order valence-electron chi connectivity index (χ4n) is 2.89. The van der Waals surface area contributed by atoms with Crippen molar-refractivity contribution in [3.05, 3.63) is 65.0 Å². The molecular formula is C17H13F2N3O2. The molecule has 0 saturated carbocycles. The van der Waals surface area contributed by atoms with Crippen LogP contribution >= 0.6 is 0 Å². The van der Waals surface area contributed by atoms with Crippen molar-refractivity contribution in [2.45, 2.75) is 18.6 Å². The summed E-state index contributed by atoms with van der Waals surface area (Å²) >= 11 is 0. The monoisotopic (exact) mass is 329 g/mol. The van der Waals surface area contributed by atoms with Crippen molar-refractivity contribution in [2.24, 2.45) is 0 Å². The van der Waals surface area contributed by atoms with Crippen molar-refractivity contribution in [1.82, 2.24) is 9.88 Å². The molecule has 5 nitrogen and oxygen atoms in total. The second kappa shape index (κ2) is 6.34. The average molecular weight is 329 g/mol. The molecule has 24 heavy (non-hydrogen) atoms. The van der Waals surface area contributed by atoms with E-state index < -0.39 is 29.7 Å². The van der Waals surface area contributed by atoms with E-state index in [0.717, 1.165) is 18.2 Å². The van der Waals surface area contributed by atoms with Crippen LogP contribution in [0, 0.1) is 23.0 Å². The van der Waals surface area contributed by atoms with Gasteiger partial charge in [-0.1, -0.05) is 0 Å². The van der Waals surface area contributed by atoms with Crippen LogP contribution < -0.4 is 0 Å². The number of aromatic nitrogens is 1. The third-order valence-electron chi connectivity index (χ3n) is 3.98. The van der Waals surface area contributed by atoms with Gasteiger partial charge in [0.25, 0.3) is 5.91 Å². The maximum Gasteiger partial charge on any atom is 0.254 e. The van der Waals surface area contributed by atoms with Gasteiger partial charge in [-0.2, -0.15) is 5.26 Å². The Hall–Kier alpha value is -2.85. The number of carbonyl (C=O) groups excluding carboxylic acids is 1. The van der Waals surface area contributed by atoms with Crippen LogP contribution in [0.4, 0.5) is 8.78 Å². The first-order chi connectivity index (χ1) is 11.5. The first-order valence-electron chi connectivity index (χ1n) is 7.29. The molecule has 122 valence electrons. The highest BCUT2D eigenvalue weighted by molar-refractivity contribution is 5.95. The van der Waals surface area contributed by atoms with E-state index in [2.05, 4.69) is 4.98 Å². The quantitative estimate of drug-likeness (QED) is 0.916. The first-order valence-corrected chi connectivity index (χ1v) is 7.29. The lowest BCUT2D eigenvalue weighted by Gasteiger charge is -2.25. The number of nitrogens with zero attached hydrogens (tertiary/aromatic N) is 3. The van der Waals surface area contributed by atoms with Gasteiger partial charge in [0.15, 0.2) is 0 Å². The molecule has 0 aliphatic carbocycles. The highest BCUT2D eigenvalue weighted by atomic mass is 19.1. The second-order valence-electron chi connectivity index (χ2n) is 5.57. The number of aliphatic hydroxyl groups is 1. The number of hydrogen-bond acceptors (Lipinski definition) is 4. The molecule has 0 spiro atoms. The van der Waals surface area contributed by atoms with Crippen molar-refractivity contribution in [3.8, 4) is 6.07 Å². The summed E-state index contributed by atoms with van der Waals surface area (Å²) in [5.41, 5.74) is 0.306. The van der Waals surface area contributed by atoms with E-state index in [1.807, 2.05) is 6.07 Å². The zero-order chi connectivity index (χ0) is 17.3. The van der Waals surface area contributed by atoms with E-state index in [9.17, 15) is 18.7 Å². The molecular weight excluding hydrogens is 316 g/mol. The van der Waals surface area contributed by atoms with E-state index in [1.165, 1.54) is 23.2 Å². The summed E-state index contributed by atoms with van der Waals surface area (Å²) in [5, 5.41) is 18.8. The molecule has 1 aliphatic rings. The lowest BCUT2D eigenvalue weighted by molar-refractivity contribution is 0.0713. The lowest BCUT2D eigenvalue weighted by Crippen LogP contribution is -2.32. The van der Waals surface area contributed by atoms with Crippen LogP contribution in [0.25, 0.3) is 0 Å². The number of benzene rings is 1. The molecule has 7 heteroatoms. The Morgan fingerprint density at radius 3 is 2.88 bits per heavy atom. The summed E-state index contributed by atoms with van der Waals surface area (Å²) in [6, 6.07) is 6.86. The Morgan fingerprint density at radius 2 is 2.12 bits per heavy atom. The predicted molar refractivity (Wildman–Crippen MR) is 79.7 cm³/mol. The SMILES string of the molecule is N#Cc1cc(C(=O)N2CC(O)CC2c2cc(F)ccc2F)ccn1. The third-order valence-corrected chi connectivity index (χ3v) is 3.98. The van der Waals surface area contributed by atoms with E-state index in [1.54, 1.807) is 0 Å². The molecule has 0 bridgehead atoms. The van der Waals surface area contributed by atoms with Gasteiger partial charge in [0.2, 0.25) is 0 Å². The maximum atomic E-state index is 14.1. The van der Waals surface area contributed by atoms with E-state index >= 15 is 0 Å². The Kier molecular flexibility index (Phi) is 4.23. The van der Waals surface area contributed by atoms with Crippen molar-refractivity contribution in [3.63, 3.8) is 0 Å². The molecule has 3 rings (SSSR count). The first kappa shape index (κ1) is 16.0. The minimum atomic E-state index is -0.834. The lowest BCUT2D eigenvalue weighted by atomic mass is 10.0. The minimum Gasteiger partial charge on any atom is -0.391 e. The van der Waals surface area contributed by atoms with Crippen LogP contribution in [-0.4, -0.2) is 33.5 Å². The van der Waals surface area contributed by atoms with Crippen molar-refractivity contribution in [1.29, 1.82) is 5.26 Å². The molecule has 1 aliphatic heterocycles. The Labute approximate surface area is 136 Å². The second-order valence-corrected chi connectivity index (χ2v) is 5.57. The fourth-order valence-corrected chi connectivity index (χ4v) is 2.89. The standard InChI is InChI=1S/C17H13F2N3O2/c18-11-1-2-15(19)14(6-11)16-7-13(23)9-22(16)17(24)10-3-4-21-12(5-10)8-20/h1-6,13,16,23H,7,9H2. The van der Waals surface area contributed by atoms with Gasteiger partial charge in [0.1, 0.15) is 23.4 Å². The number of nitriles is 1. The molecule has 1 amide bonds. The van der Waals surface area contributed by atoms with Crippen LogP contribution in [0.1, 0.15) is 34.1 Å². The summed E-state index contributed by atoms with van der Waals surface area (Å²) in [6.45, 7) is 0.00363. The molecule has 1 N–H and O–H groups in total. The highest BCUT2D eigenvalue weighted by Crippen LogP contribution is 2.35. The number of hydrogen-bond donors (Lipinski definition) is 1. The van der Waals surface area contributed by atoms with Gasteiger partial charge in [0, 0.05) is 23.9 Å². The zero-order valence-corrected chi connectivity index (χ0v) is 12.5. The number of rotatable bonds is 2. The number of carbonyl (C=O) groups is 1. The number of pyridine rings is 1. The number of likely N-dealkylation sites (tertiary alicyclic amines) is 1. The van der Waals surface area contributed by atoms with Gasteiger partial charge in [-0.05, 0) is 36.8 Å². The van der Waals surface area contributed by atoms with E-state index in [4.69, 9.17) is 5.26 Å². The molecule has 2 unspecified atom stereocenters. The Morgan fingerprint density at radius 1 is 1.33 bits per heavy atom. The largest absolute Gasteiger partial charge is 0.391 e. The molecule has 1 aromatic heterocycles. The molecule has 2 aromatic rings. The van der Waals surface area contributed by atoms with Crippen LogP contribution in [-0.2, 0) is 0 Å². The third kappa shape index (κ3) is 2.96. The fraction of sp³-hybridized carbons (Fsp3) is 0.235. The van der Waals surface area contributed by atoms with Crippen molar-refractivity contribution in [2.75, 3.05) is 6.54 Å². The van der Waals surface area contributed by atoms with Crippen LogP contribution in [0.3, 0.4) is 0 Å². The summed E-state index contributed by atoms with van der Waals surface area (Å²) in [7, 11) is 0. The summed E-state index contributed by atoms with van der Waals surface area (Å²) in [4.78, 5) is 17.8. The minimum absolute atomic E-state index is 0.00363. The molecule has 0 radical (unpaired) electrons. The molecule has 1 saturated heterocycles. The number of β-amino-alcohol motifs (C(OH)–C–C–N with tert-alkyl or cyclic N) is 1. The molecule has 1 aromatic carbocycles. The summed E-state index contributed by atoms with van der Waals surface area (Å²) in [6.07, 6.45) is 0.608. The average Bonchev–Trinajstić information content (AvgIpc) is 2.98. The van der Waals surface area contributed by atoms with Crippen LogP contribution in [0.15, 0.2) is 36.5 Å². The normalized spacial score (nSPS) is 20.0. The Balaban J connectivity index is 1.97. The molecule has 1 fully saturated rings. The molecule has 2 heterocycles. The number of halogens is 2. The topological polar surface area (TPSA) is 77.2 Å². The van der Waals surface area contributed by atoms with Gasteiger partial charge < -0.3 is 10.0 Å². The van der Waals surface area contributed by atoms with Crippen molar-refractivity contribution >= 4 is 5.91 Å². The number of aliphatic hydroxyl groups excluding tert-OH is 1. The van der Waals surface area contributed by atoms with Crippen LogP contribution in [0.5, 0.6) is 0 Å². The van der Waals surface area contributed by atoms with Crippen LogP contribution in [0.2, 0.25) is 0 Å². The van der Waals surface area contributed by atoms with Gasteiger partial charge in [0.05, 0.1) is 12.1 Å². The van der Waals surface area contributed by atoms with Gasteiger partial charge in [-0.15, -0.1) is 0 Å². The van der Waals surface area contributed by atoms with Gasteiger partial charge in [-0.3, -0.25) is 4.79 Å². The molecule has 2 atom stereocenters. The summed E-state index contributed by atoms with van der Waals surface area (Å²) in [5.74, 6) is -1.73. The maximum absolute atomic E-state index is 14.1. The van der Waals surface area contributed by atoms with Gasteiger partial charge in [-0.25, -0.2) is 13.8 Å². The zero-order valence-electron chi connectivity index (χ0n) is 12.5. The highest BCUT2D eigenvalue weighted by Gasteiger charge is 2.37. The number of amides is 1.